The quantitative estimate of drug-likeness (QED) is 0.786. The lowest BCUT2D eigenvalue weighted by Crippen LogP contribution is -1.97. The first-order valence-electron chi connectivity index (χ1n) is 6.39. The number of hydrogen-bond acceptors (Lipinski definition) is 2. The Balaban J connectivity index is 1.87. The van der Waals surface area contributed by atoms with E-state index in [1.165, 1.54) is 0 Å². The molecule has 0 aliphatic heterocycles. The van der Waals surface area contributed by atoms with Crippen LogP contribution < -0.4 is 0 Å². The average molecular weight is 263 g/mol. The molecule has 3 aromatic rings. The van der Waals surface area contributed by atoms with E-state index < -0.39 is 5.97 Å². The lowest BCUT2D eigenvalue weighted by Gasteiger charge is -2.04. The van der Waals surface area contributed by atoms with Gasteiger partial charge in [0.1, 0.15) is 0 Å². The fourth-order valence-electron chi connectivity index (χ4n) is 2.18. The molecule has 0 fully saturated rings. The van der Waals surface area contributed by atoms with E-state index in [2.05, 4.69) is 11.1 Å². The highest BCUT2D eigenvalue weighted by atomic mass is 16.4. The lowest BCUT2D eigenvalue weighted by molar-refractivity contribution is 0.0697. The molecule has 0 unspecified atom stereocenters. The summed E-state index contributed by atoms with van der Waals surface area (Å²) < 4.78 is 0. The number of aromatic nitrogens is 1. The van der Waals surface area contributed by atoms with Gasteiger partial charge in [0.25, 0.3) is 0 Å². The first-order chi connectivity index (χ1) is 9.72. The van der Waals surface area contributed by atoms with E-state index in [4.69, 9.17) is 5.11 Å². The van der Waals surface area contributed by atoms with Crippen LogP contribution in [0.2, 0.25) is 0 Å². The number of para-hydroxylation sites is 1. The van der Waals surface area contributed by atoms with Crippen molar-refractivity contribution in [3.8, 4) is 0 Å². The molecule has 3 heteroatoms. The summed E-state index contributed by atoms with van der Waals surface area (Å²) >= 11 is 0. The lowest BCUT2D eigenvalue weighted by atomic mass is 10.1. The minimum Gasteiger partial charge on any atom is -0.478 e. The predicted molar refractivity (Wildman–Crippen MR) is 78.0 cm³/mol. The topological polar surface area (TPSA) is 50.2 Å². The molecule has 98 valence electrons. The van der Waals surface area contributed by atoms with Crippen LogP contribution in [0.25, 0.3) is 10.9 Å². The molecule has 0 atom stereocenters. The summed E-state index contributed by atoms with van der Waals surface area (Å²) in [4.78, 5) is 15.4. The molecule has 0 bridgehead atoms. The summed E-state index contributed by atoms with van der Waals surface area (Å²) in [5.74, 6) is -0.902. The fraction of sp³-hybridized carbons (Fsp3) is 0.0588. The summed E-state index contributed by atoms with van der Waals surface area (Å²) in [6.45, 7) is 0. The van der Waals surface area contributed by atoms with Gasteiger partial charge >= 0.3 is 5.97 Å². The summed E-state index contributed by atoms with van der Waals surface area (Å²) in [6.07, 6.45) is 0.699. The standard InChI is InChI=1S/C17H13NO2/c19-17(20)14-7-5-12(6-8-14)11-15-10-9-13-3-1-2-4-16(13)18-15/h1-10H,11H2,(H,19,20). The maximum absolute atomic E-state index is 10.8. The van der Waals surface area contributed by atoms with Crippen molar-refractivity contribution < 1.29 is 9.90 Å². The monoisotopic (exact) mass is 263 g/mol. The van der Waals surface area contributed by atoms with Gasteiger partial charge in [0, 0.05) is 17.5 Å². The van der Waals surface area contributed by atoms with Crippen LogP contribution >= 0.6 is 0 Å². The van der Waals surface area contributed by atoms with Gasteiger partial charge in [-0.25, -0.2) is 4.79 Å². The van der Waals surface area contributed by atoms with Crippen molar-refractivity contribution in [2.45, 2.75) is 6.42 Å². The number of carboxylic acids is 1. The Morgan fingerprint density at radius 1 is 0.950 bits per heavy atom. The van der Waals surface area contributed by atoms with Crippen LogP contribution in [0.1, 0.15) is 21.6 Å². The van der Waals surface area contributed by atoms with Gasteiger partial charge in [0.2, 0.25) is 0 Å². The molecule has 20 heavy (non-hydrogen) atoms. The van der Waals surface area contributed by atoms with Crippen LogP contribution in [0.3, 0.4) is 0 Å². The normalized spacial score (nSPS) is 10.6. The molecule has 0 spiro atoms. The molecule has 0 aliphatic rings. The zero-order valence-electron chi connectivity index (χ0n) is 10.8. The predicted octanol–water partition coefficient (Wildman–Crippen LogP) is 3.52. The van der Waals surface area contributed by atoms with Crippen molar-refractivity contribution in [3.05, 3.63) is 77.5 Å². The molecule has 1 heterocycles. The van der Waals surface area contributed by atoms with E-state index in [-0.39, 0.29) is 0 Å². The van der Waals surface area contributed by atoms with E-state index in [0.29, 0.717) is 12.0 Å². The van der Waals surface area contributed by atoms with E-state index >= 15 is 0 Å². The summed E-state index contributed by atoms with van der Waals surface area (Å²) in [6, 6.07) is 19.0. The maximum Gasteiger partial charge on any atom is 0.335 e. The van der Waals surface area contributed by atoms with Gasteiger partial charge < -0.3 is 5.11 Å². The third kappa shape index (κ3) is 2.52. The molecule has 0 amide bonds. The summed E-state index contributed by atoms with van der Waals surface area (Å²) in [5, 5.41) is 9.99. The highest BCUT2D eigenvalue weighted by Gasteiger charge is 2.03. The molecule has 0 aliphatic carbocycles. The van der Waals surface area contributed by atoms with E-state index in [0.717, 1.165) is 22.2 Å². The molecule has 3 nitrogen and oxygen atoms in total. The minimum atomic E-state index is -0.902. The van der Waals surface area contributed by atoms with Crippen molar-refractivity contribution in [3.63, 3.8) is 0 Å². The van der Waals surface area contributed by atoms with Crippen molar-refractivity contribution in [2.24, 2.45) is 0 Å². The number of carbonyl (C=O) groups is 1. The van der Waals surface area contributed by atoms with Gasteiger partial charge in [0.05, 0.1) is 11.1 Å². The van der Waals surface area contributed by atoms with Gasteiger partial charge in [-0.15, -0.1) is 0 Å². The van der Waals surface area contributed by atoms with E-state index in [1.54, 1.807) is 12.1 Å². The number of benzene rings is 2. The van der Waals surface area contributed by atoms with Crippen molar-refractivity contribution >= 4 is 16.9 Å². The third-order valence-electron chi connectivity index (χ3n) is 3.24. The Hall–Kier alpha value is -2.68. The van der Waals surface area contributed by atoms with Crippen molar-refractivity contribution in [1.29, 1.82) is 0 Å². The van der Waals surface area contributed by atoms with Gasteiger partial charge in [-0.3, -0.25) is 4.98 Å². The number of hydrogen-bond donors (Lipinski definition) is 1. The Morgan fingerprint density at radius 3 is 2.45 bits per heavy atom. The molecule has 0 saturated heterocycles. The zero-order valence-corrected chi connectivity index (χ0v) is 10.8. The molecule has 3 rings (SSSR count). The minimum absolute atomic E-state index is 0.306. The van der Waals surface area contributed by atoms with Crippen molar-refractivity contribution in [1.82, 2.24) is 4.98 Å². The Kier molecular flexibility index (Phi) is 3.17. The average Bonchev–Trinajstić information content (AvgIpc) is 2.48. The summed E-state index contributed by atoms with van der Waals surface area (Å²) in [7, 11) is 0. The second-order valence-corrected chi connectivity index (χ2v) is 4.67. The third-order valence-corrected chi connectivity index (χ3v) is 3.24. The first kappa shape index (κ1) is 12.4. The summed E-state index contributed by atoms with van der Waals surface area (Å²) in [5.41, 5.74) is 3.32. The number of rotatable bonds is 3. The fourth-order valence-corrected chi connectivity index (χ4v) is 2.18. The zero-order chi connectivity index (χ0) is 13.9. The van der Waals surface area contributed by atoms with E-state index in [9.17, 15) is 4.79 Å². The smallest absolute Gasteiger partial charge is 0.335 e. The second kappa shape index (κ2) is 5.13. The van der Waals surface area contributed by atoms with Crippen LogP contribution in [-0.4, -0.2) is 16.1 Å². The molecule has 2 aromatic carbocycles. The van der Waals surface area contributed by atoms with E-state index in [1.807, 2.05) is 42.5 Å². The molecule has 1 N–H and O–H groups in total. The second-order valence-electron chi connectivity index (χ2n) is 4.67. The van der Waals surface area contributed by atoms with Crippen molar-refractivity contribution in [2.75, 3.05) is 0 Å². The van der Waals surface area contributed by atoms with Crippen LogP contribution in [0.5, 0.6) is 0 Å². The number of nitrogens with zero attached hydrogens (tertiary/aromatic N) is 1. The molecular formula is C17H13NO2. The maximum atomic E-state index is 10.8. The highest BCUT2D eigenvalue weighted by Crippen LogP contribution is 2.15. The Bertz CT molecular complexity index is 763. The van der Waals surface area contributed by atoms with Gasteiger partial charge in [-0.1, -0.05) is 36.4 Å². The Morgan fingerprint density at radius 2 is 1.70 bits per heavy atom. The number of carboxylic acid groups (broad SMARTS) is 1. The largest absolute Gasteiger partial charge is 0.478 e. The van der Waals surface area contributed by atoms with Crippen LogP contribution in [-0.2, 0) is 6.42 Å². The SMILES string of the molecule is O=C(O)c1ccc(Cc2ccc3ccccc3n2)cc1. The van der Waals surface area contributed by atoms with Gasteiger partial charge in [0.15, 0.2) is 0 Å². The molecular weight excluding hydrogens is 250 g/mol. The van der Waals surface area contributed by atoms with Crippen LogP contribution in [0, 0.1) is 0 Å². The van der Waals surface area contributed by atoms with Crippen LogP contribution in [0.15, 0.2) is 60.7 Å². The molecule has 1 aromatic heterocycles. The van der Waals surface area contributed by atoms with Gasteiger partial charge in [-0.05, 0) is 29.8 Å². The number of aromatic carboxylic acids is 1. The molecule has 0 radical (unpaired) electrons. The Labute approximate surface area is 116 Å². The highest BCUT2D eigenvalue weighted by molar-refractivity contribution is 5.87. The number of pyridine rings is 1. The van der Waals surface area contributed by atoms with Crippen LogP contribution in [0.4, 0.5) is 0 Å². The first-order valence-corrected chi connectivity index (χ1v) is 6.39. The van der Waals surface area contributed by atoms with Gasteiger partial charge in [-0.2, -0.15) is 0 Å². The number of fused-ring (bicyclic) bond motifs is 1. The molecule has 0 saturated carbocycles.